The fraction of sp³-hybridized carbons (Fsp3) is 0. The van der Waals surface area contributed by atoms with Crippen LogP contribution in [0.3, 0.4) is 0 Å². The molecule has 22 heavy (non-hydrogen) atoms. The highest BCUT2D eigenvalue weighted by Gasteiger charge is 2.36. The molecule has 0 unspecified atom stereocenters. The van der Waals surface area contributed by atoms with Crippen LogP contribution in [0.4, 0.5) is 10.5 Å². The Labute approximate surface area is 139 Å². The number of amides is 2. The molecule has 0 saturated carbocycles. The van der Waals surface area contributed by atoms with Gasteiger partial charge < -0.3 is 5.11 Å². The number of anilines is 1. The quantitative estimate of drug-likeness (QED) is 0.790. The Kier molecular flexibility index (Phi) is 4.04. The number of phenols is 1. The summed E-state index contributed by atoms with van der Waals surface area (Å²) in [5.74, 6) is -0.222. The Morgan fingerprint density at radius 1 is 1.09 bits per heavy atom. The monoisotopic (exact) mass is 375 g/mol. The van der Waals surface area contributed by atoms with Crippen molar-refractivity contribution >= 4 is 50.6 Å². The van der Waals surface area contributed by atoms with Gasteiger partial charge in [-0.25, -0.2) is 4.90 Å². The number of nitrogens with zero attached hydrogens (tertiary/aromatic N) is 1. The smallest absolute Gasteiger partial charge is 0.298 e. The highest BCUT2D eigenvalue weighted by Crippen LogP contribution is 2.36. The van der Waals surface area contributed by atoms with Crippen LogP contribution in [-0.2, 0) is 4.79 Å². The highest BCUT2D eigenvalue weighted by molar-refractivity contribution is 9.10. The van der Waals surface area contributed by atoms with Crippen LogP contribution in [0.5, 0.6) is 5.75 Å². The zero-order chi connectivity index (χ0) is 15.7. The molecule has 1 heterocycles. The van der Waals surface area contributed by atoms with E-state index in [0.717, 1.165) is 22.2 Å². The second-order valence-electron chi connectivity index (χ2n) is 4.56. The number of carbonyl (C=O) groups is 2. The molecule has 0 spiro atoms. The fourth-order valence-electron chi connectivity index (χ4n) is 2.03. The van der Waals surface area contributed by atoms with Crippen LogP contribution >= 0.6 is 27.7 Å². The van der Waals surface area contributed by atoms with Gasteiger partial charge in [-0.2, -0.15) is 0 Å². The van der Waals surface area contributed by atoms with Crippen molar-refractivity contribution in [1.29, 1.82) is 0 Å². The van der Waals surface area contributed by atoms with Crippen molar-refractivity contribution in [2.45, 2.75) is 0 Å². The topological polar surface area (TPSA) is 57.6 Å². The third kappa shape index (κ3) is 2.80. The molecule has 0 aliphatic carbocycles. The number of carbonyl (C=O) groups excluding carboxylic acids is 2. The van der Waals surface area contributed by atoms with Gasteiger partial charge in [-0.05, 0) is 63.6 Å². The molecular weight excluding hydrogens is 366 g/mol. The maximum Gasteiger partial charge on any atom is 0.298 e. The van der Waals surface area contributed by atoms with Crippen LogP contribution in [0.2, 0.25) is 0 Å². The second-order valence-corrected chi connectivity index (χ2v) is 6.41. The van der Waals surface area contributed by atoms with E-state index in [4.69, 9.17) is 0 Å². The van der Waals surface area contributed by atoms with Crippen LogP contribution in [0, 0.1) is 0 Å². The van der Waals surface area contributed by atoms with Crippen LogP contribution in [0.1, 0.15) is 5.56 Å². The van der Waals surface area contributed by atoms with E-state index in [1.54, 1.807) is 42.5 Å². The lowest BCUT2D eigenvalue weighted by atomic mass is 10.2. The van der Waals surface area contributed by atoms with Gasteiger partial charge in [-0.1, -0.05) is 24.3 Å². The van der Waals surface area contributed by atoms with Gasteiger partial charge in [0.2, 0.25) is 0 Å². The molecule has 2 aromatic carbocycles. The Bertz CT molecular complexity index is 789. The predicted molar refractivity (Wildman–Crippen MR) is 90.7 cm³/mol. The number of halogens is 1. The van der Waals surface area contributed by atoms with Gasteiger partial charge in [0.25, 0.3) is 11.1 Å². The predicted octanol–water partition coefficient (Wildman–Crippen LogP) is 4.40. The first kappa shape index (κ1) is 14.9. The minimum Gasteiger partial charge on any atom is -0.507 e. The first-order chi connectivity index (χ1) is 10.6. The van der Waals surface area contributed by atoms with Gasteiger partial charge in [0.15, 0.2) is 0 Å². The molecule has 1 aliphatic heterocycles. The number of para-hydroxylation sites is 1. The van der Waals surface area contributed by atoms with Crippen LogP contribution in [0.25, 0.3) is 6.08 Å². The molecule has 1 fully saturated rings. The molecule has 0 aromatic heterocycles. The van der Waals surface area contributed by atoms with Gasteiger partial charge >= 0.3 is 0 Å². The van der Waals surface area contributed by atoms with E-state index >= 15 is 0 Å². The van der Waals surface area contributed by atoms with Crippen molar-refractivity contribution in [3.05, 3.63) is 63.5 Å². The van der Waals surface area contributed by atoms with Crippen LogP contribution < -0.4 is 4.90 Å². The summed E-state index contributed by atoms with van der Waals surface area (Å²) in [6.45, 7) is 0. The Morgan fingerprint density at radius 3 is 2.50 bits per heavy atom. The zero-order valence-electron chi connectivity index (χ0n) is 11.2. The molecule has 2 aromatic rings. The standard InChI is InChI=1S/C16H10BrNO3S/c17-12-8-10(6-7-13(12)19)9-14-15(20)18(16(21)22-14)11-4-2-1-3-5-11/h1-9,19H/b14-9+. The van der Waals surface area contributed by atoms with Gasteiger partial charge in [0, 0.05) is 0 Å². The zero-order valence-corrected chi connectivity index (χ0v) is 13.6. The van der Waals surface area contributed by atoms with Crippen LogP contribution in [-0.4, -0.2) is 16.3 Å². The van der Waals surface area contributed by atoms with Crippen LogP contribution in [0.15, 0.2) is 57.9 Å². The fourth-order valence-corrected chi connectivity index (χ4v) is 3.27. The van der Waals surface area contributed by atoms with Gasteiger partial charge in [-0.15, -0.1) is 0 Å². The minimum atomic E-state index is -0.342. The van der Waals surface area contributed by atoms with Gasteiger partial charge in [0.05, 0.1) is 15.1 Å². The average Bonchev–Trinajstić information content (AvgIpc) is 2.78. The largest absolute Gasteiger partial charge is 0.507 e. The summed E-state index contributed by atoms with van der Waals surface area (Å²) in [6.07, 6.45) is 1.64. The summed E-state index contributed by atoms with van der Waals surface area (Å²) in [7, 11) is 0. The average molecular weight is 376 g/mol. The SMILES string of the molecule is O=C1S/C(=C/c2ccc(O)c(Br)c2)C(=O)N1c1ccccc1. The van der Waals surface area contributed by atoms with E-state index in [0.29, 0.717) is 15.1 Å². The summed E-state index contributed by atoms with van der Waals surface area (Å²) in [5.41, 5.74) is 1.28. The molecule has 110 valence electrons. The lowest BCUT2D eigenvalue weighted by Crippen LogP contribution is -2.27. The Morgan fingerprint density at radius 2 is 1.82 bits per heavy atom. The van der Waals surface area contributed by atoms with Crippen molar-refractivity contribution in [2.75, 3.05) is 4.90 Å². The van der Waals surface area contributed by atoms with Gasteiger partial charge in [0.1, 0.15) is 5.75 Å². The number of thioether (sulfide) groups is 1. The van der Waals surface area contributed by atoms with Crippen molar-refractivity contribution < 1.29 is 14.7 Å². The van der Waals surface area contributed by atoms with Crippen molar-refractivity contribution in [3.8, 4) is 5.75 Å². The summed E-state index contributed by atoms with van der Waals surface area (Å²) in [5, 5.41) is 9.17. The number of rotatable bonds is 2. The Balaban J connectivity index is 1.93. The van der Waals surface area contributed by atoms with Gasteiger partial charge in [-0.3, -0.25) is 9.59 Å². The summed E-state index contributed by atoms with van der Waals surface area (Å²) in [6, 6.07) is 13.7. The van der Waals surface area contributed by atoms with E-state index in [1.165, 1.54) is 6.07 Å². The molecule has 2 amide bonds. The first-order valence-electron chi connectivity index (χ1n) is 6.38. The summed E-state index contributed by atoms with van der Waals surface area (Å²) >= 11 is 4.12. The molecule has 1 N–H and O–H groups in total. The van der Waals surface area contributed by atoms with E-state index in [-0.39, 0.29) is 16.9 Å². The molecule has 0 atom stereocenters. The summed E-state index contributed by atoms with van der Waals surface area (Å²) in [4.78, 5) is 26.0. The number of phenolic OH excluding ortho intramolecular Hbond substituents is 1. The number of hydrogen-bond acceptors (Lipinski definition) is 4. The molecule has 0 radical (unpaired) electrons. The van der Waals surface area contributed by atoms with E-state index in [2.05, 4.69) is 15.9 Å². The molecule has 1 saturated heterocycles. The second kappa shape index (κ2) is 5.98. The number of benzene rings is 2. The molecule has 0 bridgehead atoms. The molecule has 3 rings (SSSR count). The third-order valence-electron chi connectivity index (χ3n) is 3.08. The maximum absolute atomic E-state index is 12.4. The molecule has 1 aliphatic rings. The lowest BCUT2D eigenvalue weighted by Gasteiger charge is -2.11. The number of imide groups is 1. The van der Waals surface area contributed by atoms with E-state index < -0.39 is 0 Å². The van der Waals surface area contributed by atoms with Crippen molar-refractivity contribution in [1.82, 2.24) is 0 Å². The number of hydrogen-bond donors (Lipinski definition) is 1. The first-order valence-corrected chi connectivity index (χ1v) is 7.99. The van der Waals surface area contributed by atoms with Crippen molar-refractivity contribution in [2.24, 2.45) is 0 Å². The third-order valence-corrected chi connectivity index (χ3v) is 4.58. The minimum absolute atomic E-state index is 0.120. The highest BCUT2D eigenvalue weighted by atomic mass is 79.9. The normalized spacial score (nSPS) is 16.6. The molecular formula is C16H10BrNO3S. The Hall–Kier alpha value is -2.05. The maximum atomic E-state index is 12.4. The summed E-state index contributed by atoms with van der Waals surface area (Å²) < 4.78 is 0.531. The molecule has 6 heteroatoms. The number of aromatic hydroxyl groups is 1. The lowest BCUT2D eigenvalue weighted by molar-refractivity contribution is -0.113. The molecule has 4 nitrogen and oxygen atoms in total. The van der Waals surface area contributed by atoms with E-state index in [1.807, 2.05) is 6.07 Å². The van der Waals surface area contributed by atoms with Crippen molar-refractivity contribution in [3.63, 3.8) is 0 Å². The van der Waals surface area contributed by atoms with E-state index in [9.17, 15) is 14.7 Å².